The highest BCUT2D eigenvalue weighted by Gasteiger charge is 2.23. The third-order valence-electron chi connectivity index (χ3n) is 4.08. The van der Waals surface area contributed by atoms with Crippen LogP contribution in [0, 0.1) is 6.92 Å². The van der Waals surface area contributed by atoms with Crippen LogP contribution in [0.15, 0.2) is 18.6 Å². The van der Waals surface area contributed by atoms with Crippen LogP contribution in [0.4, 0.5) is 21.6 Å². The van der Waals surface area contributed by atoms with E-state index in [2.05, 4.69) is 25.6 Å². The number of anilines is 3. The number of hydrogen-bond acceptors (Lipinski definition) is 7. The molecule has 1 aliphatic heterocycles. The van der Waals surface area contributed by atoms with E-state index in [1.165, 1.54) is 11.3 Å². The number of rotatable bonds is 4. The Bertz CT molecular complexity index is 725. The van der Waals surface area contributed by atoms with Gasteiger partial charge in [0, 0.05) is 50.4 Å². The standard InChI is InChI=1S/C16H23N7OS/c1-11-9-17-15(25-11)21-16(24)23-6-4-12(5-7-23)20-13-8-14(22(2)3)19-10-18-13/h8-10,12H,4-7H2,1-3H3,(H,17,21,24)(H,18,19,20). The molecule has 9 heteroatoms. The molecule has 0 aliphatic carbocycles. The molecule has 3 rings (SSSR count). The minimum atomic E-state index is -0.0790. The summed E-state index contributed by atoms with van der Waals surface area (Å²) in [6, 6.07) is 2.16. The summed E-state index contributed by atoms with van der Waals surface area (Å²) in [5.41, 5.74) is 0. The first-order valence-corrected chi connectivity index (χ1v) is 9.07. The van der Waals surface area contributed by atoms with Crippen molar-refractivity contribution >= 4 is 34.1 Å². The Morgan fingerprint density at radius 3 is 2.68 bits per heavy atom. The van der Waals surface area contributed by atoms with Gasteiger partial charge in [0.15, 0.2) is 5.13 Å². The number of nitrogens with one attached hydrogen (secondary N) is 2. The predicted molar refractivity (Wildman–Crippen MR) is 100 cm³/mol. The summed E-state index contributed by atoms with van der Waals surface area (Å²) in [6.45, 7) is 3.39. The van der Waals surface area contributed by atoms with E-state index in [9.17, 15) is 4.79 Å². The van der Waals surface area contributed by atoms with Crippen molar-refractivity contribution in [2.24, 2.45) is 0 Å². The second-order valence-electron chi connectivity index (χ2n) is 6.27. The summed E-state index contributed by atoms with van der Waals surface area (Å²) in [5.74, 6) is 1.69. The molecule has 3 heterocycles. The lowest BCUT2D eigenvalue weighted by atomic mass is 10.1. The van der Waals surface area contributed by atoms with Gasteiger partial charge >= 0.3 is 6.03 Å². The van der Waals surface area contributed by atoms with Gasteiger partial charge in [0.25, 0.3) is 0 Å². The molecule has 0 saturated carbocycles. The Morgan fingerprint density at radius 1 is 1.28 bits per heavy atom. The lowest BCUT2D eigenvalue weighted by molar-refractivity contribution is 0.197. The molecule has 1 fully saturated rings. The molecule has 0 spiro atoms. The number of carbonyl (C=O) groups is 1. The van der Waals surface area contributed by atoms with Crippen molar-refractivity contribution in [3.8, 4) is 0 Å². The van der Waals surface area contributed by atoms with Gasteiger partial charge in [-0.25, -0.2) is 19.7 Å². The number of urea groups is 1. The van der Waals surface area contributed by atoms with Crippen LogP contribution in [0.25, 0.3) is 0 Å². The molecule has 25 heavy (non-hydrogen) atoms. The van der Waals surface area contributed by atoms with Crippen molar-refractivity contribution in [1.29, 1.82) is 0 Å². The molecule has 8 nitrogen and oxygen atoms in total. The number of aromatic nitrogens is 3. The SMILES string of the molecule is Cc1cnc(NC(=O)N2CCC(Nc3cc(N(C)C)ncn3)CC2)s1. The van der Waals surface area contributed by atoms with Gasteiger partial charge in [-0.15, -0.1) is 11.3 Å². The monoisotopic (exact) mass is 361 g/mol. The van der Waals surface area contributed by atoms with Crippen LogP contribution in [-0.4, -0.2) is 59.1 Å². The number of hydrogen-bond donors (Lipinski definition) is 2. The quantitative estimate of drug-likeness (QED) is 0.870. The number of carbonyl (C=O) groups excluding carboxylic acids is 1. The van der Waals surface area contributed by atoms with Crippen LogP contribution in [-0.2, 0) is 0 Å². The lowest BCUT2D eigenvalue weighted by Gasteiger charge is -2.32. The van der Waals surface area contributed by atoms with Gasteiger partial charge in [-0.05, 0) is 19.8 Å². The maximum Gasteiger partial charge on any atom is 0.323 e. The number of piperidine rings is 1. The molecule has 0 bridgehead atoms. The molecule has 0 atom stereocenters. The van der Waals surface area contributed by atoms with Gasteiger partial charge in [-0.3, -0.25) is 5.32 Å². The maximum atomic E-state index is 12.3. The van der Waals surface area contributed by atoms with E-state index in [-0.39, 0.29) is 6.03 Å². The summed E-state index contributed by atoms with van der Waals surface area (Å²) in [6.07, 6.45) is 5.09. The van der Waals surface area contributed by atoms with E-state index in [0.29, 0.717) is 24.3 Å². The van der Waals surface area contributed by atoms with Crippen LogP contribution in [0.5, 0.6) is 0 Å². The minimum absolute atomic E-state index is 0.0790. The largest absolute Gasteiger partial charge is 0.367 e. The Kier molecular flexibility index (Phi) is 5.32. The van der Waals surface area contributed by atoms with Crippen molar-refractivity contribution in [3.63, 3.8) is 0 Å². The molecule has 1 aliphatic rings. The first kappa shape index (κ1) is 17.4. The number of likely N-dealkylation sites (tertiary alicyclic amines) is 1. The van der Waals surface area contributed by atoms with Crippen molar-refractivity contribution in [1.82, 2.24) is 19.9 Å². The van der Waals surface area contributed by atoms with Crippen molar-refractivity contribution in [2.45, 2.75) is 25.8 Å². The highest BCUT2D eigenvalue weighted by molar-refractivity contribution is 7.15. The van der Waals surface area contributed by atoms with E-state index in [1.807, 2.05) is 36.9 Å². The smallest absolute Gasteiger partial charge is 0.323 e. The molecule has 134 valence electrons. The van der Waals surface area contributed by atoms with Crippen LogP contribution in [0.2, 0.25) is 0 Å². The van der Waals surface area contributed by atoms with Crippen LogP contribution in [0.1, 0.15) is 17.7 Å². The summed E-state index contributed by atoms with van der Waals surface area (Å²) in [5, 5.41) is 6.96. The van der Waals surface area contributed by atoms with Gasteiger partial charge in [0.2, 0.25) is 0 Å². The van der Waals surface area contributed by atoms with E-state index in [1.54, 1.807) is 12.5 Å². The summed E-state index contributed by atoms with van der Waals surface area (Å²) >= 11 is 1.49. The van der Waals surface area contributed by atoms with Gasteiger partial charge in [-0.1, -0.05) is 0 Å². The average molecular weight is 361 g/mol. The van der Waals surface area contributed by atoms with Crippen LogP contribution in [0.3, 0.4) is 0 Å². The summed E-state index contributed by atoms with van der Waals surface area (Å²) in [4.78, 5) is 29.8. The Morgan fingerprint density at radius 2 is 2.04 bits per heavy atom. The zero-order valence-corrected chi connectivity index (χ0v) is 15.5. The summed E-state index contributed by atoms with van der Waals surface area (Å²) in [7, 11) is 3.90. The number of aryl methyl sites for hydroxylation is 1. The molecule has 2 aromatic heterocycles. The molecule has 2 N–H and O–H groups in total. The number of thiazole rings is 1. The molecular weight excluding hydrogens is 338 g/mol. The van der Waals surface area contributed by atoms with E-state index in [4.69, 9.17) is 0 Å². The second-order valence-corrected chi connectivity index (χ2v) is 7.50. The Hall–Kier alpha value is -2.42. The fraction of sp³-hybridized carbons (Fsp3) is 0.500. The first-order chi connectivity index (χ1) is 12.0. The highest BCUT2D eigenvalue weighted by atomic mass is 32.1. The van der Waals surface area contributed by atoms with E-state index >= 15 is 0 Å². The molecule has 0 unspecified atom stereocenters. The molecule has 0 aromatic carbocycles. The van der Waals surface area contributed by atoms with Gasteiger partial charge in [0.1, 0.15) is 18.0 Å². The van der Waals surface area contributed by atoms with Crippen LogP contribution >= 0.6 is 11.3 Å². The zero-order valence-electron chi connectivity index (χ0n) is 14.7. The predicted octanol–water partition coefficient (Wildman–Crippen LogP) is 2.42. The summed E-state index contributed by atoms with van der Waals surface area (Å²) < 4.78 is 0. The Balaban J connectivity index is 1.50. The third-order valence-corrected chi connectivity index (χ3v) is 4.91. The maximum absolute atomic E-state index is 12.3. The third kappa shape index (κ3) is 4.56. The molecular formula is C16H23N7OS. The van der Waals surface area contributed by atoms with Gasteiger partial charge in [-0.2, -0.15) is 0 Å². The van der Waals surface area contributed by atoms with E-state index < -0.39 is 0 Å². The first-order valence-electron chi connectivity index (χ1n) is 8.25. The highest BCUT2D eigenvalue weighted by Crippen LogP contribution is 2.20. The molecule has 1 saturated heterocycles. The number of nitrogens with zero attached hydrogens (tertiary/aromatic N) is 5. The molecule has 2 amide bonds. The van der Waals surface area contributed by atoms with Crippen molar-refractivity contribution < 1.29 is 4.79 Å². The topological polar surface area (TPSA) is 86.3 Å². The minimum Gasteiger partial charge on any atom is -0.367 e. The second kappa shape index (κ2) is 7.64. The van der Waals surface area contributed by atoms with Gasteiger partial charge < -0.3 is 15.1 Å². The Labute approximate surface area is 151 Å². The van der Waals surface area contributed by atoms with Gasteiger partial charge in [0.05, 0.1) is 0 Å². The van der Waals surface area contributed by atoms with E-state index in [0.717, 1.165) is 29.4 Å². The fourth-order valence-corrected chi connectivity index (χ4v) is 3.34. The average Bonchev–Trinajstić information content (AvgIpc) is 3.00. The zero-order chi connectivity index (χ0) is 17.8. The van der Waals surface area contributed by atoms with Crippen LogP contribution < -0.4 is 15.5 Å². The fourth-order valence-electron chi connectivity index (χ4n) is 2.69. The van der Waals surface area contributed by atoms with Crippen molar-refractivity contribution in [2.75, 3.05) is 42.7 Å². The normalized spacial score (nSPS) is 15.1. The number of amides is 2. The molecule has 2 aromatic rings. The lowest BCUT2D eigenvalue weighted by Crippen LogP contribution is -2.44. The molecule has 0 radical (unpaired) electrons. The van der Waals surface area contributed by atoms with Crippen molar-refractivity contribution in [3.05, 3.63) is 23.5 Å².